The fraction of sp³-hybridized carbons (Fsp3) is 0.250. The van der Waals surface area contributed by atoms with E-state index in [4.69, 9.17) is 4.74 Å². The van der Waals surface area contributed by atoms with Crippen LogP contribution < -0.4 is 0 Å². The molecule has 0 saturated heterocycles. The van der Waals surface area contributed by atoms with Gasteiger partial charge in [-0.3, -0.25) is 0 Å². The summed E-state index contributed by atoms with van der Waals surface area (Å²) >= 11 is 0. The molecule has 2 atom stereocenters. The second kappa shape index (κ2) is 7.75. The molecule has 0 amide bonds. The number of ether oxygens (including phenoxy) is 1. The van der Waals surface area contributed by atoms with Crippen LogP contribution >= 0.6 is 0 Å². The van der Waals surface area contributed by atoms with Crippen molar-refractivity contribution in [2.75, 3.05) is 0 Å². The molecule has 2 rings (SSSR count). The average molecular weight is 310 g/mol. The van der Waals surface area contributed by atoms with Crippen LogP contribution in [-0.4, -0.2) is 17.2 Å². The van der Waals surface area contributed by atoms with Gasteiger partial charge in [0.05, 0.1) is 5.56 Å². The summed E-state index contributed by atoms with van der Waals surface area (Å²) in [4.78, 5) is 12.0. The summed E-state index contributed by atoms with van der Waals surface area (Å²) in [6.45, 7) is 3.69. The lowest BCUT2D eigenvalue weighted by Gasteiger charge is -2.24. The molecule has 3 heteroatoms. The maximum atomic E-state index is 12.0. The topological polar surface area (TPSA) is 46.5 Å². The zero-order chi connectivity index (χ0) is 16.7. The van der Waals surface area contributed by atoms with Crippen LogP contribution in [0.5, 0.6) is 0 Å². The molecular formula is C20H22O3. The van der Waals surface area contributed by atoms with E-state index in [0.29, 0.717) is 12.0 Å². The van der Waals surface area contributed by atoms with Crippen molar-refractivity contribution in [2.24, 2.45) is 0 Å². The minimum absolute atomic E-state index is 0.373. The van der Waals surface area contributed by atoms with Gasteiger partial charge in [0.25, 0.3) is 0 Å². The summed E-state index contributed by atoms with van der Waals surface area (Å²) < 4.78 is 5.38. The van der Waals surface area contributed by atoms with E-state index in [1.165, 1.54) is 0 Å². The lowest BCUT2D eigenvalue weighted by molar-refractivity contribution is 0.0412. The molecule has 0 aromatic heterocycles. The Balaban J connectivity index is 2.05. The van der Waals surface area contributed by atoms with Crippen LogP contribution in [-0.2, 0) is 10.3 Å². The van der Waals surface area contributed by atoms with Gasteiger partial charge < -0.3 is 9.84 Å². The molecule has 0 radical (unpaired) electrons. The lowest BCUT2D eigenvalue weighted by Crippen LogP contribution is -2.22. The minimum Gasteiger partial charge on any atom is -0.455 e. The fourth-order valence-corrected chi connectivity index (χ4v) is 2.29. The summed E-state index contributed by atoms with van der Waals surface area (Å²) in [5, 5.41) is 10.8. The summed E-state index contributed by atoms with van der Waals surface area (Å²) in [5.41, 5.74) is 0.274. The number of carbonyl (C=O) groups is 1. The Morgan fingerprint density at radius 3 is 2.26 bits per heavy atom. The van der Waals surface area contributed by atoms with Gasteiger partial charge in [0, 0.05) is 0 Å². The molecular weight excluding hydrogens is 288 g/mol. The van der Waals surface area contributed by atoms with Gasteiger partial charge in [0.1, 0.15) is 11.7 Å². The van der Waals surface area contributed by atoms with E-state index >= 15 is 0 Å². The number of hydrogen-bond donors (Lipinski definition) is 1. The van der Waals surface area contributed by atoms with Crippen molar-refractivity contribution in [1.29, 1.82) is 0 Å². The van der Waals surface area contributed by atoms with E-state index in [2.05, 4.69) is 0 Å². The van der Waals surface area contributed by atoms with Crippen LogP contribution in [0.4, 0.5) is 0 Å². The van der Waals surface area contributed by atoms with Crippen molar-refractivity contribution in [2.45, 2.75) is 32.0 Å². The van der Waals surface area contributed by atoms with Crippen LogP contribution in [0.2, 0.25) is 0 Å². The predicted octanol–water partition coefficient (Wildman–Crippen LogP) is 4.09. The maximum absolute atomic E-state index is 12.0. The highest BCUT2D eigenvalue weighted by Gasteiger charge is 2.23. The molecule has 3 nitrogen and oxygen atoms in total. The first-order chi connectivity index (χ1) is 11.0. The normalized spacial score (nSPS) is 15.1. The lowest BCUT2D eigenvalue weighted by atomic mass is 9.90. The zero-order valence-electron chi connectivity index (χ0n) is 13.5. The van der Waals surface area contributed by atoms with E-state index in [1.54, 1.807) is 43.3 Å². The highest BCUT2D eigenvalue weighted by Crippen LogP contribution is 2.26. The molecule has 0 saturated carbocycles. The van der Waals surface area contributed by atoms with E-state index < -0.39 is 11.7 Å². The molecule has 0 aliphatic rings. The number of carbonyl (C=O) groups excluding carboxylic acids is 1. The van der Waals surface area contributed by atoms with Gasteiger partial charge >= 0.3 is 5.97 Å². The van der Waals surface area contributed by atoms with Crippen molar-refractivity contribution in [3.8, 4) is 0 Å². The molecule has 120 valence electrons. The largest absolute Gasteiger partial charge is 0.455 e. The second-order valence-electron chi connectivity index (χ2n) is 5.48. The van der Waals surface area contributed by atoms with Gasteiger partial charge in [-0.15, -0.1) is 0 Å². The van der Waals surface area contributed by atoms with Crippen LogP contribution in [0, 0.1) is 0 Å². The van der Waals surface area contributed by atoms with Gasteiger partial charge in [-0.05, 0) is 43.2 Å². The first kappa shape index (κ1) is 17.0. The van der Waals surface area contributed by atoms with E-state index in [0.717, 1.165) is 5.56 Å². The molecule has 0 fully saturated rings. The molecule has 2 aromatic rings. The molecule has 0 aliphatic heterocycles. The number of rotatable bonds is 6. The smallest absolute Gasteiger partial charge is 0.338 e. The Morgan fingerprint density at radius 1 is 1.13 bits per heavy atom. The van der Waals surface area contributed by atoms with Crippen molar-refractivity contribution in [3.63, 3.8) is 0 Å². The third-order valence-electron chi connectivity index (χ3n) is 3.76. The van der Waals surface area contributed by atoms with Crippen molar-refractivity contribution in [3.05, 3.63) is 83.9 Å². The van der Waals surface area contributed by atoms with Crippen LogP contribution in [0.1, 0.15) is 36.2 Å². The second-order valence-corrected chi connectivity index (χ2v) is 5.48. The quantitative estimate of drug-likeness (QED) is 0.646. The maximum Gasteiger partial charge on any atom is 0.338 e. The van der Waals surface area contributed by atoms with E-state index in [1.807, 2.05) is 43.3 Å². The third kappa shape index (κ3) is 4.54. The van der Waals surface area contributed by atoms with Crippen LogP contribution in [0.3, 0.4) is 0 Å². The Labute approximate surface area is 137 Å². The summed E-state index contributed by atoms with van der Waals surface area (Å²) in [6, 6.07) is 18.3. The number of hydrogen-bond acceptors (Lipinski definition) is 3. The molecule has 0 bridgehead atoms. The SMILES string of the molecule is CCC(O)(/C=C/C(C)OC(=O)c1ccccc1)c1ccccc1. The average Bonchev–Trinajstić information content (AvgIpc) is 2.61. The highest BCUT2D eigenvalue weighted by atomic mass is 16.5. The zero-order valence-corrected chi connectivity index (χ0v) is 13.5. The van der Waals surface area contributed by atoms with Gasteiger partial charge in [-0.25, -0.2) is 4.79 Å². The third-order valence-corrected chi connectivity index (χ3v) is 3.76. The molecule has 0 heterocycles. The highest BCUT2D eigenvalue weighted by molar-refractivity contribution is 5.89. The van der Waals surface area contributed by atoms with Gasteiger partial charge in [0.2, 0.25) is 0 Å². The Bertz CT molecular complexity index is 649. The fourth-order valence-electron chi connectivity index (χ4n) is 2.29. The molecule has 2 unspecified atom stereocenters. The molecule has 0 spiro atoms. The number of esters is 1. The van der Waals surface area contributed by atoms with Gasteiger partial charge in [-0.2, -0.15) is 0 Å². The predicted molar refractivity (Wildman–Crippen MR) is 91.1 cm³/mol. The summed E-state index contributed by atoms with van der Waals surface area (Å²) in [6.07, 6.45) is 3.53. The Morgan fingerprint density at radius 2 is 1.70 bits per heavy atom. The van der Waals surface area contributed by atoms with Gasteiger partial charge in [0.15, 0.2) is 0 Å². The Hall–Kier alpha value is -2.39. The summed E-state index contributed by atoms with van der Waals surface area (Å²) in [5.74, 6) is -0.373. The molecule has 2 aromatic carbocycles. The summed E-state index contributed by atoms with van der Waals surface area (Å²) in [7, 11) is 0. The standard InChI is InChI=1S/C20H22O3/c1-3-20(22,18-12-8-5-9-13-18)15-14-16(2)23-19(21)17-10-6-4-7-11-17/h4-16,22H,3H2,1-2H3/b15-14+. The van der Waals surface area contributed by atoms with E-state index in [-0.39, 0.29) is 5.97 Å². The monoisotopic (exact) mass is 310 g/mol. The van der Waals surface area contributed by atoms with Crippen molar-refractivity contribution < 1.29 is 14.6 Å². The molecule has 1 N–H and O–H groups in total. The van der Waals surface area contributed by atoms with Crippen LogP contribution in [0.15, 0.2) is 72.8 Å². The van der Waals surface area contributed by atoms with Crippen LogP contribution in [0.25, 0.3) is 0 Å². The van der Waals surface area contributed by atoms with Gasteiger partial charge in [-0.1, -0.05) is 55.5 Å². The van der Waals surface area contributed by atoms with Crippen molar-refractivity contribution in [1.82, 2.24) is 0 Å². The number of aliphatic hydroxyl groups is 1. The van der Waals surface area contributed by atoms with Crippen molar-refractivity contribution >= 4 is 5.97 Å². The van der Waals surface area contributed by atoms with E-state index in [9.17, 15) is 9.90 Å². The molecule has 0 aliphatic carbocycles. The Kier molecular flexibility index (Phi) is 5.72. The first-order valence-electron chi connectivity index (χ1n) is 7.78. The number of benzene rings is 2. The minimum atomic E-state index is -1.06. The first-order valence-corrected chi connectivity index (χ1v) is 7.78. The molecule has 23 heavy (non-hydrogen) atoms.